The van der Waals surface area contributed by atoms with Gasteiger partial charge in [-0.05, 0) is 30.2 Å². The molecule has 0 spiro atoms. The molecule has 3 aromatic rings. The molecule has 27 heavy (non-hydrogen) atoms. The number of esters is 1. The molecule has 1 heterocycles. The Kier molecular flexibility index (Phi) is 5.83. The van der Waals surface area contributed by atoms with Crippen molar-refractivity contribution in [1.82, 2.24) is 10.2 Å². The quantitative estimate of drug-likeness (QED) is 0.652. The van der Waals surface area contributed by atoms with E-state index in [2.05, 4.69) is 20.3 Å². The predicted molar refractivity (Wildman–Crippen MR) is 98.9 cm³/mol. The summed E-state index contributed by atoms with van der Waals surface area (Å²) in [6, 6.07) is 14.3. The van der Waals surface area contributed by atoms with Gasteiger partial charge in [-0.15, -0.1) is 10.2 Å². The van der Waals surface area contributed by atoms with Gasteiger partial charge in [0, 0.05) is 6.42 Å². The highest BCUT2D eigenvalue weighted by molar-refractivity contribution is 6.34. The maximum absolute atomic E-state index is 12.3. The zero-order chi connectivity index (χ0) is 19.2. The highest BCUT2D eigenvalue weighted by Gasteiger charge is 2.17. The van der Waals surface area contributed by atoms with Crippen LogP contribution in [0.25, 0.3) is 0 Å². The van der Waals surface area contributed by atoms with Gasteiger partial charge < -0.3 is 14.5 Å². The van der Waals surface area contributed by atoms with Crippen LogP contribution in [-0.2, 0) is 17.6 Å². The Hall–Kier alpha value is -3.19. The summed E-state index contributed by atoms with van der Waals surface area (Å²) in [4.78, 5) is 23.9. The number of aromatic nitrogens is 2. The molecule has 0 saturated heterocycles. The van der Waals surface area contributed by atoms with Crippen LogP contribution in [0.2, 0.25) is 5.02 Å². The largest absolute Gasteiger partial charge is 0.465 e. The van der Waals surface area contributed by atoms with Gasteiger partial charge in [-0.3, -0.25) is 4.79 Å². The van der Waals surface area contributed by atoms with E-state index in [0.29, 0.717) is 12.3 Å². The Morgan fingerprint density at radius 3 is 2.63 bits per heavy atom. The van der Waals surface area contributed by atoms with Crippen LogP contribution in [0.1, 0.15) is 32.5 Å². The van der Waals surface area contributed by atoms with Crippen LogP contribution >= 0.6 is 11.6 Å². The molecule has 0 atom stereocenters. The second-order valence-corrected chi connectivity index (χ2v) is 6.03. The first-order valence-corrected chi connectivity index (χ1v) is 8.50. The molecular formula is C19H16ClN3O4. The molecule has 0 saturated carbocycles. The molecule has 7 nitrogen and oxygen atoms in total. The fourth-order valence-corrected chi connectivity index (χ4v) is 2.55. The minimum Gasteiger partial charge on any atom is -0.465 e. The molecule has 2 aromatic carbocycles. The van der Waals surface area contributed by atoms with Crippen LogP contribution in [0.5, 0.6) is 0 Å². The van der Waals surface area contributed by atoms with Crippen molar-refractivity contribution in [1.29, 1.82) is 0 Å². The minimum atomic E-state index is -0.614. The number of hydrogen-bond donors (Lipinski definition) is 1. The normalized spacial score (nSPS) is 10.4. The van der Waals surface area contributed by atoms with Crippen LogP contribution < -0.4 is 5.32 Å². The van der Waals surface area contributed by atoms with Crippen molar-refractivity contribution in [3.63, 3.8) is 0 Å². The van der Waals surface area contributed by atoms with Gasteiger partial charge in [-0.2, -0.15) is 0 Å². The second-order valence-electron chi connectivity index (χ2n) is 5.63. The number of benzene rings is 2. The summed E-state index contributed by atoms with van der Waals surface area (Å²) in [6.45, 7) is 0. The molecule has 0 aliphatic heterocycles. The molecule has 8 heteroatoms. The van der Waals surface area contributed by atoms with E-state index in [4.69, 9.17) is 16.0 Å². The van der Waals surface area contributed by atoms with E-state index < -0.39 is 11.9 Å². The summed E-state index contributed by atoms with van der Waals surface area (Å²) >= 11 is 6.06. The molecule has 0 fully saturated rings. The fraction of sp³-hybridized carbons (Fsp3) is 0.158. The first-order chi connectivity index (χ1) is 13.1. The first kappa shape index (κ1) is 18.6. The van der Waals surface area contributed by atoms with Crippen molar-refractivity contribution in [3.8, 4) is 0 Å². The molecular weight excluding hydrogens is 370 g/mol. The molecule has 1 amide bonds. The average Bonchev–Trinajstić information content (AvgIpc) is 3.17. The average molecular weight is 386 g/mol. The van der Waals surface area contributed by atoms with E-state index in [9.17, 15) is 9.59 Å². The molecule has 0 radical (unpaired) electrons. The number of halogens is 1. The Labute approximate surface area is 160 Å². The van der Waals surface area contributed by atoms with E-state index in [1.807, 2.05) is 30.3 Å². The van der Waals surface area contributed by atoms with E-state index in [-0.39, 0.29) is 22.2 Å². The molecule has 3 rings (SSSR count). The Balaban J connectivity index is 1.67. The van der Waals surface area contributed by atoms with Crippen molar-refractivity contribution in [2.45, 2.75) is 12.8 Å². The monoisotopic (exact) mass is 385 g/mol. The van der Waals surface area contributed by atoms with Gasteiger partial charge in [0.2, 0.25) is 5.89 Å². The summed E-state index contributed by atoms with van der Waals surface area (Å²) in [7, 11) is 1.27. The van der Waals surface area contributed by atoms with Gasteiger partial charge in [0.1, 0.15) is 0 Å². The van der Waals surface area contributed by atoms with E-state index in [0.717, 1.165) is 12.0 Å². The maximum atomic E-state index is 12.3. The van der Waals surface area contributed by atoms with Crippen molar-refractivity contribution in [2.75, 3.05) is 12.4 Å². The number of methoxy groups -OCH3 is 1. The van der Waals surface area contributed by atoms with Crippen LogP contribution in [0.15, 0.2) is 52.9 Å². The van der Waals surface area contributed by atoms with Gasteiger partial charge >= 0.3 is 17.8 Å². The highest BCUT2D eigenvalue weighted by Crippen LogP contribution is 2.24. The number of nitrogens with one attached hydrogen (secondary N) is 1. The number of hydrogen-bond acceptors (Lipinski definition) is 6. The van der Waals surface area contributed by atoms with Gasteiger partial charge in [-0.1, -0.05) is 41.9 Å². The zero-order valence-corrected chi connectivity index (χ0v) is 15.2. The third-order valence-corrected chi connectivity index (χ3v) is 4.10. The van der Waals surface area contributed by atoms with Crippen LogP contribution in [0.4, 0.5) is 5.69 Å². The molecule has 0 bridgehead atoms. The fourth-order valence-electron chi connectivity index (χ4n) is 2.38. The predicted octanol–water partition coefficient (Wildman–Crippen LogP) is 3.55. The maximum Gasteiger partial charge on any atom is 0.337 e. The van der Waals surface area contributed by atoms with Gasteiger partial charge in [0.25, 0.3) is 0 Å². The first-order valence-electron chi connectivity index (χ1n) is 8.12. The molecule has 0 aliphatic rings. The molecule has 0 unspecified atom stereocenters. The molecule has 1 N–H and O–H groups in total. The summed E-state index contributed by atoms with van der Waals surface area (Å²) in [5.74, 6) is -0.975. The summed E-state index contributed by atoms with van der Waals surface area (Å²) < 4.78 is 10.1. The number of nitrogens with zero attached hydrogens (tertiary/aromatic N) is 2. The number of ether oxygens (including phenoxy) is 1. The highest BCUT2D eigenvalue weighted by atomic mass is 35.5. The molecule has 1 aromatic heterocycles. The van der Waals surface area contributed by atoms with E-state index >= 15 is 0 Å². The standard InChI is InChI=1S/C19H16ClN3O4/c1-26-19(25)13-8-9-14(20)15(11-13)21-17(24)18-23-22-16(27-18)10-7-12-5-3-2-4-6-12/h2-6,8-9,11H,7,10H2,1H3,(H,21,24). The minimum absolute atomic E-state index is 0.183. The van der Waals surface area contributed by atoms with E-state index in [1.165, 1.54) is 25.3 Å². The number of carbonyl (C=O) groups is 2. The summed E-state index contributed by atoms with van der Waals surface area (Å²) in [6.07, 6.45) is 1.24. The third kappa shape index (κ3) is 4.71. The van der Waals surface area contributed by atoms with Crippen molar-refractivity contribution in [3.05, 3.63) is 76.5 Å². The number of rotatable bonds is 6. The van der Waals surface area contributed by atoms with Gasteiger partial charge in [0.05, 0.1) is 23.4 Å². The van der Waals surface area contributed by atoms with E-state index in [1.54, 1.807) is 0 Å². The van der Waals surface area contributed by atoms with Crippen molar-refractivity contribution < 1.29 is 18.7 Å². The van der Waals surface area contributed by atoms with Crippen LogP contribution in [0, 0.1) is 0 Å². The topological polar surface area (TPSA) is 94.3 Å². The number of amides is 1. The lowest BCUT2D eigenvalue weighted by atomic mass is 10.1. The lowest BCUT2D eigenvalue weighted by molar-refractivity contribution is 0.0600. The van der Waals surface area contributed by atoms with Gasteiger partial charge in [0.15, 0.2) is 0 Å². The van der Waals surface area contributed by atoms with Crippen molar-refractivity contribution >= 4 is 29.2 Å². The number of aryl methyl sites for hydroxylation is 2. The molecule has 0 aliphatic carbocycles. The lowest BCUT2D eigenvalue weighted by Crippen LogP contribution is -2.13. The summed E-state index contributed by atoms with van der Waals surface area (Å²) in [5, 5.41) is 10.5. The SMILES string of the molecule is COC(=O)c1ccc(Cl)c(NC(=O)c2nnc(CCc3ccccc3)o2)c1. The van der Waals surface area contributed by atoms with Crippen LogP contribution in [-0.4, -0.2) is 29.2 Å². The smallest absolute Gasteiger partial charge is 0.337 e. The van der Waals surface area contributed by atoms with Gasteiger partial charge in [-0.25, -0.2) is 4.79 Å². The third-order valence-electron chi connectivity index (χ3n) is 3.77. The zero-order valence-electron chi connectivity index (χ0n) is 14.4. The van der Waals surface area contributed by atoms with Crippen LogP contribution in [0.3, 0.4) is 0 Å². The van der Waals surface area contributed by atoms with Crippen molar-refractivity contribution in [2.24, 2.45) is 0 Å². The number of anilines is 1. The summed E-state index contributed by atoms with van der Waals surface area (Å²) in [5.41, 5.74) is 1.63. The Morgan fingerprint density at radius 1 is 1.11 bits per heavy atom. The Bertz CT molecular complexity index is 957. The Morgan fingerprint density at radius 2 is 1.89 bits per heavy atom. The second kappa shape index (κ2) is 8.46. The number of carbonyl (C=O) groups excluding carboxylic acids is 2. The molecule has 138 valence electrons. The lowest BCUT2D eigenvalue weighted by Gasteiger charge is -2.07.